The summed E-state index contributed by atoms with van der Waals surface area (Å²) in [4.78, 5) is 11.6. The van der Waals surface area contributed by atoms with E-state index in [0.29, 0.717) is 13.2 Å². The topological polar surface area (TPSA) is 64.3 Å². The smallest absolute Gasteiger partial charge is 0.343 e. The molecule has 0 radical (unpaired) electrons. The Labute approximate surface area is 126 Å². The summed E-state index contributed by atoms with van der Waals surface area (Å²) in [6.07, 6.45) is 3.28. The Hall–Kier alpha value is -2.37. The highest BCUT2D eigenvalue weighted by atomic mass is 19.1. The second-order valence-corrected chi connectivity index (χ2v) is 6.11. The Morgan fingerprint density at radius 1 is 1.36 bits per heavy atom. The molecule has 1 N–H and O–H groups in total. The molecule has 0 atom stereocenters. The van der Waals surface area contributed by atoms with Crippen LogP contribution in [0, 0.1) is 11.2 Å². The van der Waals surface area contributed by atoms with Crippen LogP contribution in [0.4, 0.5) is 4.39 Å². The lowest BCUT2D eigenvalue weighted by Gasteiger charge is -2.44. The van der Waals surface area contributed by atoms with Crippen LogP contribution in [-0.2, 0) is 6.54 Å². The van der Waals surface area contributed by atoms with Gasteiger partial charge in [0, 0.05) is 11.0 Å². The summed E-state index contributed by atoms with van der Waals surface area (Å²) in [6, 6.07) is 6.06. The molecule has 1 spiro atoms. The van der Waals surface area contributed by atoms with Crippen LogP contribution in [0.5, 0.6) is 5.88 Å². The number of carbonyl (C=O) groups is 1. The van der Waals surface area contributed by atoms with Crippen molar-refractivity contribution in [1.82, 2.24) is 9.78 Å². The first-order valence-electron chi connectivity index (χ1n) is 7.31. The quantitative estimate of drug-likeness (QED) is 0.926. The van der Waals surface area contributed by atoms with Gasteiger partial charge >= 0.3 is 5.97 Å². The minimum atomic E-state index is -1.15. The third-order valence-corrected chi connectivity index (χ3v) is 4.66. The summed E-state index contributed by atoms with van der Waals surface area (Å²) in [5, 5.41) is 13.9. The van der Waals surface area contributed by atoms with Crippen molar-refractivity contribution in [3.63, 3.8) is 0 Å². The van der Waals surface area contributed by atoms with Gasteiger partial charge in [-0.3, -0.25) is 0 Å². The molecular weight excluding hydrogens is 287 g/mol. The summed E-state index contributed by atoms with van der Waals surface area (Å²) in [7, 11) is 0. The van der Waals surface area contributed by atoms with Crippen molar-refractivity contribution in [3.05, 3.63) is 35.6 Å². The zero-order chi connectivity index (χ0) is 15.3. The van der Waals surface area contributed by atoms with E-state index in [1.54, 1.807) is 16.8 Å². The van der Waals surface area contributed by atoms with Crippen LogP contribution in [0.1, 0.15) is 29.6 Å². The molecule has 1 aliphatic heterocycles. The lowest BCUT2D eigenvalue weighted by atomic mass is 9.69. The molecule has 1 aliphatic carbocycles. The summed E-state index contributed by atoms with van der Waals surface area (Å²) in [6.45, 7) is 1.15. The average molecular weight is 302 g/mol. The highest BCUT2D eigenvalue weighted by Gasteiger charge is 2.44. The van der Waals surface area contributed by atoms with E-state index in [9.17, 15) is 14.3 Å². The normalized spacial score (nSPS) is 18.4. The molecule has 22 heavy (non-hydrogen) atoms. The largest absolute Gasteiger partial charge is 0.477 e. The number of carboxylic acids is 1. The molecule has 114 valence electrons. The number of carboxylic acid groups (broad SMARTS) is 1. The summed E-state index contributed by atoms with van der Waals surface area (Å²) >= 11 is 0. The zero-order valence-corrected chi connectivity index (χ0v) is 11.9. The molecular formula is C16H15FN2O3. The van der Waals surface area contributed by atoms with Crippen LogP contribution in [0.15, 0.2) is 24.3 Å². The van der Waals surface area contributed by atoms with Crippen LogP contribution in [0.3, 0.4) is 0 Å². The second kappa shape index (κ2) is 4.56. The fourth-order valence-corrected chi connectivity index (χ4v) is 3.30. The third-order valence-electron chi connectivity index (χ3n) is 4.66. The van der Waals surface area contributed by atoms with Gasteiger partial charge in [-0.2, -0.15) is 5.10 Å². The molecule has 2 aliphatic rings. The number of aromatic carboxylic acids is 1. The molecule has 0 unspecified atom stereocenters. The fraction of sp³-hybridized carbons (Fsp3) is 0.375. The number of ether oxygens (including phenoxy) is 1. The molecule has 0 bridgehead atoms. The van der Waals surface area contributed by atoms with Crippen molar-refractivity contribution in [2.24, 2.45) is 5.41 Å². The van der Waals surface area contributed by atoms with E-state index in [2.05, 4.69) is 5.10 Å². The van der Waals surface area contributed by atoms with E-state index in [-0.39, 0.29) is 28.1 Å². The number of hydrogen-bond donors (Lipinski definition) is 1. The number of aromatic nitrogens is 2. The third kappa shape index (κ3) is 1.83. The number of benzene rings is 1. The number of rotatable bonds is 2. The van der Waals surface area contributed by atoms with Crippen molar-refractivity contribution in [2.75, 3.05) is 6.61 Å². The molecule has 0 saturated heterocycles. The van der Waals surface area contributed by atoms with E-state index in [1.807, 2.05) is 0 Å². The molecule has 2 heterocycles. The van der Waals surface area contributed by atoms with Crippen LogP contribution in [-0.4, -0.2) is 27.5 Å². The van der Waals surface area contributed by atoms with Gasteiger partial charge in [0.25, 0.3) is 0 Å². The summed E-state index contributed by atoms with van der Waals surface area (Å²) < 4.78 is 21.3. The van der Waals surface area contributed by atoms with Crippen LogP contribution < -0.4 is 4.74 Å². The molecule has 0 amide bonds. The second-order valence-electron chi connectivity index (χ2n) is 6.11. The monoisotopic (exact) mass is 302 g/mol. The van der Waals surface area contributed by atoms with Gasteiger partial charge in [-0.25, -0.2) is 13.9 Å². The van der Waals surface area contributed by atoms with Gasteiger partial charge in [0.05, 0.1) is 13.2 Å². The zero-order valence-electron chi connectivity index (χ0n) is 11.9. The molecule has 2 aromatic rings. The molecule has 1 aromatic heterocycles. The first-order valence-corrected chi connectivity index (χ1v) is 7.31. The minimum Gasteiger partial charge on any atom is -0.477 e. The van der Waals surface area contributed by atoms with E-state index in [1.165, 1.54) is 12.1 Å². The van der Waals surface area contributed by atoms with Gasteiger partial charge in [-0.1, -0.05) is 18.6 Å². The van der Waals surface area contributed by atoms with Gasteiger partial charge in [-0.15, -0.1) is 0 Å². The maximum atomic E-state index is 14.0. The molecule has 1 saturated carbocycles. The SMILES string of the molecule is O=C(O)c1c(-c2ccccc2F)nn2c1OCC1(CCC1)C2. The fourth-order valence-electron chi connectivity index (χ4n) is 3.30. The van der Waals surface area contributed by atoms with Crippen LogP contribution in [0.2, 0.25) is 0 Å². The van der Waals surface area contributed by atoms with E-state index in [0.717, 1.165) is 19.3 Å². The van der Waals surface area contributed by atoms with Crippen LogP contribution in [0.25, 0.3) is 11.3 Å². The van der Waals surface area contributed by atoms with Gasteiger partial charge < -0.3 is 9.84 Å². The number of nitrogens with zero attached hydrogens (tertiary/aromatic N) is 2. The van der Waals surface area contributed by atoms with E-state index >= 15 is 0 Å². The molecule has 1 aromatic carbocycles. The Morgan fingerprint density at radius 3 is 2.77 bits per heavy atom. The van der Waals surface area contributed by atoms with Crippen LogP contribution >= 0.6 is 0 Å². The van der Waals surface area contributed by atoms with Crippen molar-refractivity contribution in [2.45, 2.75) is 25.8 Å². The summed E-state index contributed by atoms with van der Waals surface area (Å²) in [5.74, 6) is -1.40. The number of halogens is 1. The van der Waals surface area contributed by atoms with Gasteiger partial charge in [0.1, 0.15) is 17.1 Å². The first kappa shape index (κ1) is 13.3. The van der Waals surface area contributed by atoms with Crippen molar-refractivity contribution < 1.29 is 19.0 Å². The molecule has 1 fully saturated rings. The Morgan fingerprint density at radius 2 is 2.14 bits per heavy atom. The highest BCUT2D eigenvalue weighted by molar-refractivity contribution is 5.97. The van der Waals surface area contributed by atoms with Gasteiger partial charge in [-0.05, 0) is 25.0 Å². The van der Waals surface area contributed by atoms with E-state index in [4.69, 9.17) is 4.74 Å². The standard InChI is InChI=1S/C16H15FN2O3/c17-11-5-2-1-4-10(11)13-12(15(20)21)14-19(18-13)8-16(9-22-14)6-3-7-16/h1-2,4-5H,3,6-9H2,(H,20,21). The Balaban J connectivity index is 1.86. The Bertz CT molecular complexity index is 765. The van der Waals surface area contributed by atoms with Crippen molar-refractivity contribution in [3.8, 4) is 17.1 Å². The number of fused-ring (bicyclic) bond motifs is 1. The van der Waals surface area contributed by atoms with E-state index < -0.39 is 11.8 Å². The van der Waals surface area contributed by atoms with Gasteiger partial charge in [0.15, 0.2) is 0 Å². The average Bonchev–Trinajstić information content (AvgIpc) is 2.84. The highest BCUT2D eigenvalue weighted by Crippen LogP contribution is 2.47. The number of hydrogen-bond acceptors (Lipinski definition) is 3. The Kier molecular flexibility index (Phi) is 2.76. The van der Waals surface area contributed by atoms with Crippen molar-refractivity contribution in [1.29, 1.82) is 0 Å². The molecule has 5 nitrogen and oxygen atoms in total. The minimum absolute atomic E-state index is 0.0562. The maximum Gasteiger partial charge on any atom is 0.343 e. The summed E-state index contributed by atoms with van der Waals surface area (Å²) in [5.41, 5.74) is 0.339. The lowest BCUT2D eigenvalue weighted by Crippen LogP contribution is -2.43. The molecule has 4 rings (SSSR count). The lowest BCUT2D eigenvalue weighted by molar-refractivity contribution is 0.00103. The van der Waals surface area contributed by atoms with Gasteiger partial charge in [0.2, 0.25) is 5.88 Å². The predicted octanol–water partition coefficient (Wildman–Crippen LogP) is 2.95. The predicted molar refractivity (Wildman–Crippen MR) is 76.4 cm³/mol. The maximum absolute atomic E-state index is 14.0. The van der Waals surface area contributed by atoms with Crippen molar-refractivity contribution >= 4 is 5.97 Å². The first-order chi connectivity index (χ1) is 10.6. The molecule has 6 heteroatoms.